The van der Waals surface area contributed by atoms with Crippen LogP contribution in [0.3, 0.4) is 0 Å². The molecule has 4 heteroatoms. The molecule has 0 bridgehead atoms. The number of hydrogen-bond acceptors (Lipinski definition) is 3. The summed E-state index contributed by atoms with van der Waals surface area (Å²) in [4.78, 5) is 12.1. The van der Waals surface area contributed by atoms with Gasteiger partial charge in [0, 0.05) is 5.54 Å². The van der Waals surface area contributed by atoms with Gasteiger partial charge in [-0.15, -0.1) is 0 Å². The Morgan fingerprint density at radius 2 is 2.24 bits per heavy atom. The van der Waals surface area contributed by atoms with Crippen LogP contribution in [0.4, 0.5) is 0 Å². The highest BCUT2D eigenvalue weighted by Gasteiger charge is 2.24. The van der Waals surface area contributed by atoms with Crippen LogP contribution in [0, 0.1) is 0 Å². The molecule has 2 rings (SSSR count). The Kier molecular flexibility index (Phi) is 4.57. The van der Waals surface area contributed by atoms with E-state index in [1.54, 1.807) is 6.92 Å². The van der Waals surface area contributed by atoms with Gasteiger partial charge in [0.25, 0.3) is 5.91 Å². The summed E-state index contributed by atoms with van der Waals surface area (Å²) < 4.78 is 5.73. The van der Waals surface area contributed by atoms with Gasteiger partial charge < -0.3 is 15.2 Å². The molecule has 1 aromatic rings. The number of carbonyl (C=O) groups excluding carboxylic acids is 1. The second-order valence-electron chi connectivity index (χ2n) is 6.40. The zero-order valence-electron chi connectivity index (χ0n) is 13.3. The summed E-state index contributed by atoms with van der Waals surface area (Å²) in [6.45, 7) is 7.78. The number of benzene rings is 1. The molecule has 0 aromatic heterocycles. The summed E-state index contributed by atoms with van der Waals surface area (Å²) >= 11 is 0. The van der Waals surface area contributed by atoms with Gasteiger partial charge in [0.15, 0.2) is 6.10 Å². The molecular weight excluding hydrogens is 266 g/mol. The predicted octanol–water partition coefficient (Wildman–Crippen LogP) is 2.74. The minimum atomic E-state index is -0.541. The van der Waals surface area contributed by atoms with Crippen LogP contribution < -0.4 is 10.1 Å². The first kappa shape index (κ1) is 15.8. The molecule has 1 aromatic carbocycles. The summed E-state index contributed by atoms with van der Waals surface area (Å²) in [5, 5.41) is 12.8. The Bertz CT molecular complexity index is 525. The third-order valence-electron chi connectivity index (χ3n) is 4.19. The molecule has 0 spiro atoms. The van der Waals surface area contributed by atoms with Crippen LogP contribution in [0.5, 0.6) is 5.75 Å². The molecule has 0 saturated heterocycles. The van der Waals surface area contributed by atoms with E-state index in [1.165, 1.54) is 0 Å². The van der Waals surface area contributed by atoms with Crippen molar-refractivity contribution in [3.63, 3.8) is 0 Å². The SMILES string of the molecule is CCC(C)(C)NC(=O)C(C)Oc1ccc2c(c1)CC[C@H]2O. The maximum atomic E-state index is 12.1. The number of nitrogens with one attached hydrogen (secondary N) is 1. The van der Waals surface area contributed by atoms with E-state index < -0.39 is 6.10 Å². The Morgan fingerprint density at radius 3 is 2.90 bits per heavy atom. The van der Waals surface area contributed by atoms with Gasteiger partial charge in [-0.25, -0.2) is 0 Å². The normalized spacial score (nSPS) is 19.0. The van der Waals surface area contributed by atoms with Gasteiger partial charge in [0.1, 0.15) is 5.75 Å². The number of amides is 1. The molecule has 1 aliphatic rings. The van der Waals surface area contributed by atoms with Crippen molar-refractivity contribution >= 4 is 5.91 Å². The number of aryl methyl sites for hydroxylation is 1. The molecule has 0 heterocycles. The lowest BCUT2D eigenvalue weighted by atomic mass is 10.0. The zero-order chi connectivity index (χ0) is 15.6. The van der Waals surface area contributed by atoms with E-state index in [2.05, 4.69) is 5.32 Å². The third-order valence-corrected chi connectivity index (χ3v) is 4.19. The first-order valence-electron chi connectivity index (χ1n) is 7.62. The number of rotatable bonds is 5. The van der Waals surface area contributed by atoms with Gasteiger partial charge >= 0.3 is 0 Å². The Labute approximate surface area is 126 Å². The molecule has 0 radical (unpaired) electrons. The van der Waals surface area contributed by atoms with Gasteiger partial charge in [-0.2, -0.15) is 0 Å². The lowest BCUT2D eigenvalue weighted by Gasteiger charge is -2.26. The van der Waals surface area contributed by atoms with E-state index in [0.29, 0.717) is 5.75 Å². The van der Waals surface area contributed by atoms with Crippen LogP contribution in [0.15, 0.2) is 18.2 Å². The smallest absolute Gasteiger partial charge is 0.261 e. The molecule has 0 fully saturated rings. The summed E-state index contributed by atoms with van der Waals surface area (Å²) in [6.07, 6.45) is 1.58. The fourth-order valence-electron chi connectivity index (χ4n) is 2.43. The van der Waals surface area contributed by atoms with Crippen LogP contribution >= 0.6 is 0 Å². The molecule has 21 heavy (non-hydrogen) atoms. The summed E-state index contributed by atoms with van der Waals surface area (Å²) in [7, 11) is 0. The second kappa shape index (κ2) is 6.06. The Balaban J connectivity index is 2.00. The van der Waals surface area contributed by atoms with Crippen molar-refractivity contribution < 1.29 is 14.6 Å². The van der Waals surface area contributed by atoms with E-state index in [0.717, 1.165) is 30.4 Å². The molecule has 116 valence electrons. The van der Waals surface area contributed by atoms with Crippen molar-refractivity contribution in [2.24, 2.45) is 0 Å². The van der Waals surface area contributed by atoms with Crippen molar-refractivity contribution in [2.75, 3.05) is 0 Å². The topological polar surface area (TPSA) is 58.6 Å². The van der Waals surface area contributed by atoms with Crippen LogP contribution in [-0.2, 0) is 11.2 Å². The van der Waals surface area contributed by atoms with Crippen LogP contribution in [0.1, 0.15) is 57.8 Å². The van der Waals surface area contributed by atoms with Crippen LogP contribution in [0.25, 0.3) is 0 Å². The quantitative estimate of drug-likeness (QED) is 0.877. The molecule has 1 amide bonds. The highest BCUT2D eigenvalue weighted by Crippen LogP contribution is 2.33. The lowest BCUT2D eigenvalue weighted by molar-refractivity contribution is -0.128. The standard InChI is InChI=1S/C17H25NO3/c1-5-17(3,4)18-16(20)11(2)21-13-7-8-14-12(10-13)6-9-15(14)19/h7-8,10-11,15,19H,5-6,9H2,1-4H3,(H,18,20)/t11?,15-/m1/s1. The minimum Gasteiger partial charge on any atom is -0.481 e. The van der Waals surface area contributed by atoms with E-state index in [1.807, 2.05) is 39.0 Å². The maximum absolute atomic E-state index is 12.1. The third kappa shape index (κ3) is 3.76. The predicted molar refractivity (Wildman–Crippen MR) is 82.3 cm³/mol. The first-order chi connectivity index (χ1) is 9.82. The number of aliphatic hydroxyl groups excluding tert-OH is 1. The molecule has 2 atom stereocenters. The molecule has 2 N–H and O–H groups in total. The molecule has 1 aliphatic carbocycles. The fourth-order valence-corrected chi connectivity index (χ4v) is 2.43. The van der Waals surface area contributed by atoms with E-state index >= 15 is 0 Å². The van der Waals surface area contributed by atoms with Gasteiger partial charge in [0.05, 0.1) is 6.10 Å². The van der Waals surface area contributed by atoms with E-state index in [9.17, 15) is 9.90 Å². The summed E-state index contributed by atoms with van der Waals surface area (Å²) in [5.74, 6) is 0.571. The molecule has 4 nitrogen and oxygen atoms in total. The molecule has 0 aliphatic heterocycles. The Hall–Kier alpha value is -1.55. The second-order valence-corrected chi connectivity index (χ2v) is 6.40. The average Bonchev–Trinajstić information content (AvgIpc) is 2.79. The van der Waals surface area contributed by atoms with Crippen molar-refractivity contribution in [3.8, 4) is 5.75 Å². The van der Waals surface area contributed by atoms with E-state index in [-0.39, 0.29) is 17.6 Å². The molecule has 1 unspecified atom stereocenters. The number of aliphatic hydroxyl groups is 1. The van der Waals surface area contributed by atoms with Gasteiger partial charge in [-0.1, -0.05) is 13.0 Å². The maximum Gasteiger partial charge on any atom is 0.261 e. The van der Waals surface area contributed by atoms with Gasteiger partial charge in [-0.3, -0.25) is 4.79 Å². The van der Waals surface area contributed by atoms with Crippen LogP contribution in [-0.4, -0.2) is 22.7 Å². The Morgan fingerprint density at radius 1 is 1.52 bits per heavy atom. The number of fused-ring (bicyclic) bond motifs is 1. The number of carbonyl (C=O) groups is 1. The van der Waals surface area contributed by atoms with Gasteiger partial charge in [0.2, 0.25) is 0 Å². The number of hydrogen-bond donors (Lipinski definition) is 2. The molecular formula is C17H25NO3. The first-order valence-corrected chi connectivity index (χ1v) is 7.62. The summed E-state index contributed by atoms with van der Waals surface area (Å²) in [6, 6.07) is 5.64. The van der Waals surface area contributed by atoms with Crippen molar-refractivity contribution in [1.82, 2.24) is 5.32 Å². The number of ether oxygens (including phenoxy) is 1. The minimum absolute atomic E-state index is 0.109. The lowest BCUT2D eigenvalue weighted by Crippen LogP contribution is -2.48. The largest absolute Gasteiger partial charge is 0.481 e. The van der Waals surface area contributed by atoms with Gasteiger partial charge in [-0.05, 0) is 63.3 Å². The van der Waals surface area contributed by atoms with Crippen LogP contribution in [0.2, 0.25) is 0 Å². The highest BCUT2D eigenvalue weighted by atomic mass is 16.5. The highest BCUT2D eigenvalue weighted by molar-refractivity contribution is 5.81. The average molecular weight is 291 g/mol. The van der Waals surface area contributed by atoms with E-state index in [4.69, 9.17) is 4.74 Å². The summed E-state index contributed by atoms with van der Waals surface area (Å²) in [5.41, 5.74) is 1.87. The van der Waals surface area contributed by atoms with Crippen molar-refractivity contribution in [3.05, 3.63) is 29.3 Å². The van der Waals surface area contributed by atoms with Crippen molar-refractivity contribution in [2.45, 2.75) is 64.7 Å². The zero-order valence-corrected chi connectivity index (χ0v) is 13.3. The molecule has 0 saturated carbocycles. The monoisotopic (exact) mass is 291 g/mol. The van der Waals surface area contributed by atoms with Crippen molar-refractivity contribution in [1.29, 1.82) is 0 Å². The fraction of sp³-hybridized carbons (Fsp3) is 0.588.